The second kappa shape index (κ2) is 7.22. The van der Waals surface area contributed by atoms with Gasteiger partial charge < -0.3 is 9.64 Å². The first-order valence-electron chi connectivity index (χ1n) is 9.46. The van der Waals surface area contributed by atoms with Gasteiger partial charge in [-0.1, -0.05) is 30.3 Å². The summed E-state index contributed by atoms with van der Waals surface area (Å²) in [7, 11) is 0. The van der Waals surface area contributed by atoms with Crippen molar-refractivity contribution in [3.05, 3.63) is 65.2 Å². The number of morpholine rings is 1. The minimum Gasteiger partial charge on any atom is -0.373 e. The molecule has 4 heteroatoms. The number of benzene rings is 2. The summed E-state index contributed by atoms with van der Waals surface area (Å²) >= 11 is 0. The number of anilines is 1. The zero-order valence-corrected chi connectivity index (χ0v) is 15.5. The molecule has 0 spiro atoms. The Morgan fingerprint density at radius 1 is 1.04 bits per heavy atom. The van der Waals surface area contributed by atoms with E-state index in [-0.39, 0.29) is 18.1 Å². The lowest BCUT2D eigenvalue weighted by Gasteiger charge is -2.35. The quantitative estimate of drug-likeness (QED) is 0.849. The molecule has 2 aliphatic heterocycles. The van der Waals surface area contributed by atoms with Crippen LogP contribution < -0.4 is 4.90 Å². The summed E-state index contributed by atoms with van der Waals surface area (Å²) in [4.78, 5) is 17.2. The Hall–Kier alpha value is -2.17. The Kier molecular flexibility index (Phi) is 4.79. The second-order valence-electron chi connectivity index (χ2n) is 7.48. The van der Waals surface area contributed by atoms with Crippen LogP contribution in [0, 0.1) is 0 Å². The van der Waals surface area contributed by atoms with Crippen LogP contribution in [0.3, 0.4) is 0 Å². The molecule has 1 amide bonds. The summed E-state index contributed by atoms with van der Waals surface area (Å²) in [5.74, 6) is 0.0927. The number of para-hydroxylation sites is 1. The molecule has 4 nitrogen and oxygen atoms in total. The average Bonchev–Trinajstić information content (AvgIpc) is 3.05. The largest absolute Gasteiger partial charge is 0.373 e. The molecule has 2 unspecified atom stereocenters. The van der Waals surface area contributed by atoms with Crippen molar-refractivity contribution in [3.8, 4) is 0 Å². The Morgan fingerprint density at radius 2 is 1.73 bits per heavy atom. The Bertz CT molecular complexity index is 777. The van der Waals surface area contributed by atoms with Crippen LogP contribution >= 0.6 is 0 Å². The molecule has 2 heterocycles. The van der Waals surface area contributed by atoms with E-state index in [0.29, 0.717) is 0 Å². The maximum atomic E-state index is 12.9. The number of rotatable bonds is 3. The first-order chi connectivity index (χ1) is 12.6. The van der Waals surface area contributed by atoms with Crippen molar-refractivity contribution in [2.45, 2.75) is 39.0 Å². The molecule has 136 valence electrons. The number of amides is 1. The third kappa shape index (κ3) is 3.53. The smallest absolute Gasteiger partial charge is 0.258 e. The van der Waals surface area contributed by atoms with E-state index >= 15 is 0 Å². The van der Waals surface area contributed by atoms with E-state index < -0.39 is 0 Å². The zero-order chi connectivity index (χ0) is 18.1. The predicted octanol–water partition coefficient (Wildman–Crippen LogP) is 3.50. The first kappa shape index (κ1) is 17.3. The molecule has 0 aromatic heterocycles. The number of nitrogens with zero attached hydrogens (tertiary/aromatic N) is 2. The SMILES string of the molecule is CC1CN(Cc2ccc(C(=O)N3CCc4ccccc43)cc2)CC(C)O1. The van der Waals surface area contributed by atoms with Gasteiger partial charge in [-0.2, -0.15) is 0 Å². The van der Waals surface area contributed by atoms with E-state index in [1.165, 1.54) is 11.1 Å². The van der Waals surface area contributed by atoms with Crippen molar-refractivity contribution in [1.29, 1.82) is 0 Å². The molecule has 0 bridgehead atoms. The van der Waals surface area contributed by atoms with E-state index in [1.807, 2.05) is 35.2 Å². The van der Waals surface area contributed by atoms with E-state index in [4.69, 9.17) is 4.74 Å². The van der Waals surface area contributed by atoms with E-state index in [2.05, 4.69) is 36.9 Å². The fourth-order valence-corrected chi connectivity index (χ4v) is 4.13. The highest BCUT2D eigenvalue weighted by atomic mass is 16.5. The van der Waals surface area contributed by atoms with Crippen molar-refractivity contribution in [3.63, 3.8) is 0 Å². The lowest BCUT2D eigenvalue weighted by Crippen LogP contribution is -2.44. The minimum absolute atomic E-state index is 0.0927. The van der Waals surface area contributed by atoms with Crippen molar-refractivity contribution < 1.29 is 9.53 Å². The van der Waals surface area contributed by atoms with Gasteiger partial charge in [0.05, 0.1) is 12.2 Å². The lowest BCUT2D eigenvalue weighted by molar-refractivity contribution is -0.0704. The van der Waals surface area contributed by atoms with Gasteiger partial charge in [0.2, 0.25) is 0 Å². The summed E-state index contributed by atoms with van der Waals surface area (Å²) in [6.45, 7) is 7.82. The van der Waals surface area contributed by atoms with Gasteiger partial charge in [-0.3, -0.25) is 9.69 Å². The van der Waals surface area contributed by atoms with Crippen molar-refractivity contribution >= 4 is 11.6 Å². The van der Waals surface area contributed by atoms with Crippen molar-refractivity contribution in [2.24, 2.45) is 0 Å². The third-order valence-corrected chi connectivity index (χ3v) is 5.23. The summed E-state index contributed by atoms with van der Waals surface area (Å²) in [6.07, 6.45) is 1.48. The fourth-order valence-electron chi connectivity index (χ4n) is 4.13. The molecule has 0 saturated carbocycles. The van der Waals surface area contributed by atoms with E-state index in [1.54, 1.807) is 0 Å². The van der Waals surface area contributed by atoms with Gasteiger partial charge in [0, 0.05) is 37.4 Å². The Labute approximate surface area is 155 Å². The highest BCUT2D eigenvalue weighted by molar-refractivity contribution is 6.07. The van der Waals surface area contributed by atoms with Crippen LogP contribution in [0.25, 0.3) is 0 Å². The number of hydrogen-bond acceptors (Lipinski definition) is 3. The van der Waals surface area contributed by atoms with Crippen LogP contribution in [-0.2, 0) is 17.7 Å². The number of carbonyl (C=O) groups is 1. The summed E-state index contributed by atoms with van der Waals surface area (Å²) < 4.78 is 5.80. The van der Waals surface area contributed by atoms with Crippen LogP contribution in [0.1, 0.15) is 35.3 Å². The number of hydrogen-bond donors (Lipinski definition) is 0. The molecule has 2 atom stereocenters. The Morgan fingerprint density at radius 3 is 2.46 bits per heavy atom. The number of carbonyl (C=O) groups excluding carboxylic acids is 1. The molecule has 2 aromatic rings. The first-order valence-corrected chi connectivity index (χ1v) is 9.46. The van der Waals surface area contributed by atoms with Crippen LogP contribution in [0.2, 0.25) is 0 Å². The highest BCUT2D eigenvalue weighted by Crippen LogP contribution is 2.29. The molecule has 2 aromatic carbocycles. The van der Waals surface area contributed by atoms with Gasteiger partial charge in [0.1, 0.15) is 0 Å². The van der Waals surface area contributed by atoms with Crippen molar-refractivity contribution in [2.75, 3.05) is 24.5 Å². The van der Waals surface area contributed by atoms with Crippen LogP contribution in [-0.4, -0.2) is 42.6 Å². The van der Waals surface area contributed by atoms with Crippen molar-refractivity contribution in [1.82, 2.24) is 4.90 Å². The summed E-state index contributed by atoms with van der Waals surface area (Å²) in [6, 6.07) is 16.3. The van der Waals surface area contributed by atoms with Gasteiger partial charge in [0.25, 0.3) is 5.91 Å². The van der Waals surface area contributed by atoms with Gasteiger partial charge in [-0.25, -0.2) is 0 Å². The molecule has 4 rings (SSSR count). The van der Waals surface area contributed by atoms with E-state index in [0.717, 1.165) is 43.9 Å². The van der Waals surface area contributed by atoms with Crippen LogP contribution in [0.4, 0.5) is 5.69 Å². The normalized spacial score (nSPS) is 23.1. The molecule has 1 saturated heterocycles. The predicted molar refractivity (Wildman–Crippen MR) is 104 cm³/mol. The molecule has 1 fully saturated rings. The maximum absolute atomic E-state index is 12.9. The highest BCUT2D eigenvalue weighted by Gasteiger charge is 2.25. The molecule has 26 heavy (non-hydrogen) atoms. The Balaban J connectivity index is 1.44. The zero-order valence-electron chi connectivity index (χ0n) is 15.5. The van der Waals surface area contributed by atoms with Gasteiger partial charge >= 0.3 is 0 Å². The molecule has 0 radical (unpaired) electrons. The summed E-state index contributed by atoms with van der Waals surface area (Å²) in [5.41, 5.74) is 4.31. The molecule has 0 N–H and O–H groups in total. The topological polar surface area (TPSA) is 32.8 Å². The maximum Gasteiger partial charge on any atom is 0.258 e. The number of ether oxygens (including phenoxy) is 1. The minimum atomic E-state index is 0.0927. The summed E-state index contributed by atoms with van der Waals surface area (Å²) in [5, 5.41) is 0. The second-order valence-corrected chi connectivity index (χ2v) is 7.48. The van der Waals surface area contributed by atoms with Gasteiger partial charge in [0.15, 0.2) is 0 Å². The fraction of sp³-hybridized carbons (Fsp3) is 0.409. The van der Waals surface area contributed by atoms with Gasteiger partial charge in [-0.05, 0) is 49.6 Å². The number of fused-ring (bicyclic) bond motifs is 1. The molecule has 0 aliphatic carbocycles. The van der Waals surface area contributed by atoms with Crippen LogP contribution in [0.5, 0.6) is 0 Å². The standard InChI is InChI=1S/C22H26N2O2/c1-16-13-23(14-17(2)26-16)15-18-7-9-20(10-8-18)22(25)24-12-11-19-5-3-4-6-21(19)24/h3-10,16-17H,11-15H2,1-2H3. The van der Waals surface area contributed by atoms with Gasteiger partial charge in [-0.15, -0.1) is 0 Å². The average molecular weight is 350 g/mol. The molecular formula is C22H26N2O2. The van der Waals surface area contributed by atoms with Crippen LogP contribution in [0.15, 0.2) is 48.5 Å². The van der Waals surface area contributed by atoms with E-state index in [9.17, 15) is 4.79 Å². The lowest BCUT2D eigenvalue weighted by atomic mass is 10.1. The molecule has 2 aliphatic rings. The molecular weight excluding hydrogens is 324 g/mol. The third-order valence-electron chi connectivity index (χ3n) is 5.23. The monoisotopic (exact) mass is 350 g/mol.